The fourth-order valence-electron chi connectivity index (χ4n) is 3.97. The maximum absolute atomic E-state index is 12.8. The number of methoxy groups -OCH3 is 1. The van der Waals surface area contributed by atoms with Gasteiger partial charge in [-0.05, 0) is 30.3 Å². The second kappa shape index (κ2) is 10.9. The maximum atomic E-state index is 12.8. The molecule has 14 nitrogen and oxygen atoms in total. The van der Waals surface area contributed by atoms with Gasteiger partial charge in [0.2, 0.25) is 0 Å². The summed E-state index contributed by atoms with van der Waals surface area (Å²) >= 11 is 0. The molecular weight excluding hydrogens is 516 g/mol. The quantitative estimate of drug-likeness (QED) is 0.144. The van der Waals surface area contributed by atoms with Gasteiger partial charge in [-0.15, -0.1) is 0 Å². The number of anilines is 1. The maximum Gasteiger partial charge on any atom is 0.354 e. The van der Waals surface area contributed by atoms with Crippen LogP contribution in [0, 0.1) is 0 Å². The summed E-state index contributed by atoms with van der Waals surface area (Å²) < 4.78 is 9.57. The minimum atomic E-state index is -0.509. The lowest BCUT2D eigenvalue weighted by atomic mass is 10.2. The van der Waals surface area contributed by atoms with Crippen molar-refractivity contribution in [1.82, 2.24) is 33.6 Å². The first-order valence-corrected chi connectivity index (χ1v) is 11.9. The largest absolute Gasteiger partial charge is 0.465 e. The van der Waals surface area contributed by atoms with E-state index < -0.39 is 17.6 Å². The number of nitrogen functional groups attached to an aromatic ring is 1. The van der Waals surface area contributed by atoms with Gasteiger partial charge in [-0.3, -0.25) is 14.4 Å². The number of nitrogens with one attached hydrogen (secondary N) is 1. The van der Waals surface area contributed by atoms with Crippen molar-refractivity contribution in [2.45, 2.75) is 13.1 Å². The van der Waals surface area contributed by atoms with Gasteiger partial charge in [0.15, 0.2) is 0 Å². The third-order valence-corrected chi connectivity index (χ3v) is 5.97. The third kappa shape index (κ3) is 5.26. The molecule has 40 heavy (non-hydrogen) atoms. The zero-order valence-corrected chi connectivity index (χ0v) is 21.3. The van der Waals surface area contributed by atoms with E-state index in [1.165, 1.54) is 30.2 Å². The highest BCUT2D eigenvalue weighted by Gasteiger charge is 2.12. The van der Waals surface area contributed by atoms with E-state index in [0.29, 0.717) is 33.8 Å². The molecule has 0 aliphatic rings. The van der Waals surface area contributed by atoms with Crippen LogP contribution in [0.5, 0.6) is 0 Å². The third-order valence-electron chi connectivity index (χ3n) is 5.97. The van der Waals surface area contributed by atoms with Crippen molar-refractivity contribution in [3.05, 3.63) is 101 Å². The Morgan fingerprint density at radius 1 is 1.12 bits per heavy atom. The number of aromatic nitrogens is 6. The van der Waals surface area contributed by atoms with Crippen LogP contribution in [0.15, 0.2) is 83.0 Å². The van der Waals surface area contributed by atoms with Gasteiger partial charge in [-0.1, -0.05) is 0 Å². The standard InChI is InChI=1S/C26H24N10O4/c1-40-25(38)16-2-3-23-32-18(14-35(23)13-16)11-29-10-17(9-27)24(37)30-12-20-21-8-19(4-6-34(21)15-31-20)36-7-5-22(28)33-26(36)39/h2-10,13-15H,11-12,27H2,1H3,(H,30,37)(H2,28,33,39). The van der Waals surface area contributed by atoms with E-state index in [4.69, 9.17) is 16.2 Å². The van der Waals surface area contributed by atoms with E-state index in [1.54, 1.807) is 58.0 Å². The van der Waals surface area contributed by atoms with Gasteiger partial charge in [0, 0.05) is 37.2 Å². The molecule has 0 fully saturated rings. The second-order valence-corrected chi connectivity index (χ2v) is 8.56. The average molecular weight is 541 g/mol. The van der Waals surface area contributed by atoms with Crippen molar-refractivity contribution in [2.24, 2.45) is 10.7 Å². The summed E-state index contributed by atoms with van der Waals surface area (Å²) in [7, 11) is 1.32. The Morgan fingerprint density at radius 3 is 2.75 bits per heavy atom. The highest BCUT2D eigenvalue weighted by atomic mass is 16.5. The Morgan fingerprint density at radius 2 is 1.98 bits per heavy atom. The molecule has 0 saturated carbocycles. The number of hydrogen-bond donors (Lipinski definition) is 3. The van der Waals surface area contributed by atoms with Gasteiger partial charge in [0.1, 0.15) is 11.5 Å². The van der Waals surface area contributed by atoms with Crippen molar-refractivity contribution in [3.63, 3.8) is 0 Å². The topological polar surface area (TPSA) is 189 Å². The first kappa shape index (κ1) is 25.8. The summed E-state index contributed by atoms with van der Waals surface area (Å²) in [6, 6.07) is 8.36. The van der Waals surface area contributed by atoms with Crippen LogP contribution in [0.25, 0.3) is 16.9 Å². The zero-order valence-electron chi connectivity index (χ0n) is 21.3. The summed E-state index contributed by atoms with van der Waals surface area (Å²) in [6.07, 6.45) is 10.8. The van der Waals surface area contributed by atoms with Crippen LogP contribution in [0.1, 0.15) is 21.7 Å². The molecule has 0 aliphatic heterocycles. The first-order valence-electron chi connectivity index (χ1n) is 11.9. The van der Waals surface area contributed by atoms with Crippen molar-refractivity contribution in [3.8, 4) is 5.69 Å². The van der Waals surface area contributed by atoms with Crippen LogP contribution < -0.4 is 22.5 Å². The molecule has 5 heterocycles. The van der Waals surface area contributed by atoms with Crippen LogP contribution in [-0.2, 0) is 22.6 Å². The number of ether oxygens (including phenoxy) is 1. The highest BCUT2D eigenvalue weighted by molar-refractivity contribution is 6.12. The number of carbonyl (C=O) groups excluding carboxylic acids is 2. The van der Waals surface area contributed by atoms with Gasteiger partial charge >= 0.3 is 11.7 Å². The lowest BCUT2D eigenvalue weighted by Gasteiger charge is -2.07. The molecule has 0 spiro atoms. The van der Waals surface area contributed by atoms with Crippen LogP contribution in [-0.4, -0.2) is 53.5 Å². The van der Waals surface area contributed by atoms with Crippen molar-refractivity contribution in [2.75, 3.05) is 12.8 Å². The Hall–Kier alpha value is -5.79. The molecule has 5 aromatic heterocycles. The number of rotatable bonds is 8. The molecule has 5 aromatic rings. The predicted molar refractivity (Wildman–Crippen MR) is 146 cm³/mol. The summed E-state index contributed by atoms with van der Waals surface area (Å²) in [5.74, 6) is -0.757. The van der Waals surface area contributed by atoms with Gasteiger partial charge < -0.3 is 30.3 Å². The number of esters is 1. The summed E-state index contributed by atoms with van der Waals surface area (Å²) in [4.78, 5) is 53.6. The highest BCUT2D eigenvalue weighted by Crippen LogP contribution is 2.15. The van der Waals surface area contributed by atoms with Gasteiger partial charge in [-0.25, -0.2) is 19.6 Å². The Kier molecular flexibility index (Phi) is 7.05. The monoisotopic (exact) mass is 540 g/mol. The summed E-state index contributed by atoms with van der Waals surface area (Å²) in [6.45, 7) is 0.293. The number of imidazole rings is 2. The molecule has 1 amide bonds. The smallest absolute Gasteiger partial charge is 0.354 e. The summed E-state index contributed by atoms with van der Waals surface area (Å²) in [5.41, 5.74) is 14.4. The molecule has 202 valence electrons. The SMILES string of the molecule is COC(=O)c1ccc2nc(CN=CC(=CN)C(=O)NCc3ncn4ccc(-n5ccc(N)nc5=O)cc34)cn2c1. The molecule has 0 unspecified atom stereocenters. The molecule has 0 bridgehead atoms. The number of hydrogen-bond acceptors (Lipinski definition) is 10. The molecule has 0 radical (unpaired) electrons. The van der Waals surface area contributed by atoms with Crippen LogP contribution >= 0.6 is 0 Å². The van der Waals surface area contributed by atoms with Crippen LogP contribution in [0.2, 0.25) is 0 Å². The Bertz CT molecular complexity index is 1860. The van der Waals surface area contributed by atoms with E-state index in [9.17, 15) is 14.4 Å². The number of fused-ring (bicyclic) bond motifs is 2. The second-order valence-electron chi connectivity index (χ2n) is 8.56. The summed E-state index contributed by atoms with van der Waals surface area (Å²) in [5, 5.41) is 2.78. The van der Waals surface area contributed by atoms with E-state index in [2.05, 4.69) is 25.3 Å². The lowest BCUT2D eigenvalue weighted by molar-refractivity contribution is -0.117. The molecule has 0 aromatic carbocycles. The number of pyridine rings is 2. The first-order chi connectivity index (χ1) is 19.4. The number of nitrogens with zero attached hydrogens (tertiary/aromatic N) is 7. The van der Waals surface area contributed by atoms with E-state index in [1.807, 2.05) is 0 Å². The lowest BCUT2D eigenvalue weighted by Crippen LogP contribution is -2.26. The fourth-order valence-corrected chi connectivity index (χ4v) is 3.97. The normalized spacial score (nSPS) is 11.9. The number of aliphatic imine (C=N–C) groups is 1. The molecule has 5 N–H and O–H groups in total. The van der Waals surface area contributed by atoms with Crippen LogP contribution in [0.3, 0.4) is 0 Å². The minimum absolute atomic E-state index is 0.105. The molecule has 5 rings (SSSR count). The molecule has 0 aliphatic carbocycles. The van der Waals surface area contributed by atoms with Crippen molar-refractivity contribution < 1.29 is 14.3 Å². The molecular formula is C26H24N10O4. The van der Waals surface area contributed by atoms with Gasteiger partial charge in [0.25, 0.3) is 5.91 Å². The van der Waals surface area contributed by atoms with Gasteiger partial charge in [0.05, 0.1) is 60.3 Å². The minimum Gasteiger partial charge on any atom is -0.465 e. The number of carbonyl (C=O) groups is 2. The molecule has 14 heteroatoms. The Balaban J connectivity index is 1.25. The fraction of sp³-hybridized carbons (Fsp3) is 0.115. The van der Waals surface area contributed by atoms with Crippen molar-refractivity contribution >= 4 is 35.1 Å². The van der Waals surface area contributed by atoms with E-state index >= 15 is 0 Å². The zero-order chi connectivity index (χ0) is 28.2. The molecule has 0 saturated heterocycles. The Labute approximate surface area is 226 Å². The van der Waals surface area contributed by atoms with Crippen LogP contribution in [0.4, 0.5) is 5.82 Å². The predicted octanol–water partition coefficient (Wildman–Crippen LogP) is 0.627. The van der Waals surface area contributed by atoms with E-state index in [-0.39, 0.29) is 24.5 Å². The average Bonchev–Trinajstić information content (AvgIpc) is 3.56. The van der Waals surface area contributed by atoms with Crippen molar-refractivity contribution in [1.29, 1.82) is 0 Å². The number of nitrogens with two attached hydrogens (primary N) is 2. The molecule has 0 atom stereocenters. The van der Waals surface area contributed by atoms with Gasteiger partial charge in [-0.2, -0.15) is 4.98 Å². The van der Waals surface area contributed by atoms with E-state index in [0.717, 1.165) is 6.20 Å². The number of amides is 1.